The Morgan fingerprint density at radius 1 is 1.18 bits per heavy atom. The Hall–Kier alpha value is -0.0400. The molecule has 0 spiro atoms. The minimum atomic E-state index is 0.619. The zero-order valence-corrected chi connectivity index (χ0v) is 7.55. The van der Waals surface area contributed by atoms with Gasteiger partial charge in [0.2, 0.25) is 0 Å². The van der Waals surface area contributed by atoms with Crippen molar-refractivity contribution < 1.29 is 4.74 Å². The molecule has 2 aliphatic rings. The molecule has 1 aliphatic carbocycles. The van der Waals surface area contributed by atoms with E-state index in [0.717, 1.165) is 24.4 Å². The predicted octanol–water partition coefficient (Wildman–Crippen LogP) is 2.46. The largest absolute Gasteiger partial charge is 0.378 e. The summed E-state index contributed by atoms with van der Waals surface area (Å²) >= 11 is 0. The predicted molar refractivity (Wildman–Crippen MR) is 45.4 cm³/mol. The number of fused-ring (bicyclic) bond motifs is 1. The highest BCUT2D eigenvalue weighted by molar-refractivity contribution is 4.86. The molecule has 0 N–H and O–H groups in total. The summed E-state index contributed by atoms with van der Waals surface area (Å²) in [5.74, 6) is 2.63. The summed E-state index contributed by atoms with van der Waals surface area (Å²) in [5, 5.41) is 0. The molecule has 64 valence electrons. The topological polar surface area (TPSA) is 9.23 Å². The van der Waals surface area contributed by atoms with E-state index in [1.807, 2.05) is 0 Å². The summed E-state index contributed by atoms with van der Waals surface area (Å²) in [6.45, 7) is 5.70. The molecule has 0 aromatic heterocycles. The molecule has 1 aliphatic heterocycles. The summed E-state index contributed by atoms with van der Waals surface area (Å²) in [7, 11) is 0. The van der Waals surface area contributed by atoms with Gasteiger partial charge >= 0.3 is 0 Å². The van der Waals surface area contributed by atoms with E-state index in [4.69, 9.17) is 4.74 Å². The van der Waals surface area contributed by atoms with Gasteiger partial charge < -0.3 is 4.74 Å². The molecular weight excluding hydrogens is 136 g/mol. The third-order valence-electron chi connectivity index (χ3n) is 3.41. The van der Waals surface area contributed by atoms with Gasteiger partial charge in [-0.3, -0.25) is 0 Å². The highest BCUT2D eigenvalue weighted by atomic mass is 16.5. The van der Waals surface area contributed by atoms with Gasteiger partial charge in [-0.25, -0.2) is 0 Å². The summed E-state index contributed by atoms with van der Waals surface area (Å²) in [4.78, 5) is 0. The Bertz CT molecular complexity index is 144. The van der Waals surface area contributed by atoms with E-state index in [9.17, 15) is 0 Å². The number of ether oxygens (including phenoxy) is 1. The molecule has 0 radical (unpaired) electrons. The quantitative estimate of drug-likeness (QED) is 0.521. The Kier molecular flexibility index (Phi) is 1.92. The van der Waals surface area contributed by atoms with Crippen molar-refractivity contribution in [1.29, 1.82) is 0 Å². The summed E-state index contributed by atoms with van der Waals surface area (Å²) in [5.41, 5.74) is 0. The first-order valence-electron chi connectivity index (χ1n) is 4.89. The van der Waals surface area contributed by atoms with Crippen LogP contribution in [0.1, 0.15) is 33.1 Å². The van der Waals surface area contributed by atoms with Crippen LogP contribution < -0.4 is 0 Å². The molecule has 0 bridgehead atoms. The highest BCUT2D eigenvalue weighted by Gasteiger charge is 2.37. The molecule has 1 heteroatoms. The molecule has 1 heterocycles. The molecule has 2 fully saturated rings. The van der Waals surface area contributed by atoms with Crippen LogP contribution in [0.5, 0.6) is 0 Å². The van der Waals surface area contributed by atoms with Gasteiger partial charge in [0.1, 0.15) is 0 Å². The minimum absolute atomic E-state index is 0.619. The van der Waals surface area contributed by atoms with Crippen LogP contribution in [0.2, 0.25) is 0 Å². The van der Waals surface area contributed by atoms with Gasteiger partial charge in [-0.1, -0.05) is 20.3 Å². The average molecular weight is 154 g/mol. The maximum atomic E-state index is 5.74. The molecule has 1 nitrogen and oxygen atoms in total. The second-order valence-corrected chi connectivity index (χ2v) is 4.43. The zero-order chi connectivity index (χ0) is 7.84. The van der Waals surface area contributed by atoms with Crippen LogP contribution in [0.4, 0.5) is 0 Å². The van der Waals surface area contributed by atoms with Crippen LogP contribution in [0.25, 0.3) is 0 Å². The van der Waals surface area contributed by atoms with Crippen LogP contribution >= 0.6 is 0 Å². The Balaban J connectivity index is 2.00. The molecule has 3 unspecified atom stereocenters. The fraction of sp³-hybridized carbons (Fsp3) is 1.00. The third kappa shape index (κ3) is 1.31. The average Bonchev–Trinajstić information content (AvgIpc) is 2.32. The second kappa shape index (κ2) is 2.78. The van der Waals surface area contributed by atoms with E-state index >= 15 is 0 Å². The lowest BCUT2D eigenvalue weighted by molar-refractivity contribution is 0.0494. The third-order valence-corrected chi connectivity index (χ3v) is 3.41. The molecule has 4 atom stereocenters. The SMILES string of the molecule is CC1COC2C[C@@H](C)CCC12. The first kappa shape index (κ1) is 7.60. The Morgan fingerprint density at radius 2 is 2.00 bits per heavy atom. The molecule has 0 aromatic rings. The van der Waals surface area contributed by atoms with E-state index in [1.54, 1.807) is 0 Å². The van der Waals surface area contributed by atoms with Crippen LogP contribution in [-0.4, -0.2) is 12.7 Å². The van der Waals surface area contributed by atoms with E-state index in [2.05, 4.69) is 13.8 Å². The lowest BCUT2D eigenvalue weighted by atomic mass is 9.77. The standard InChI is InChI=1S/C10H18O/c1-7-3-4-9-8(2)6-11-10(9)5-7/h7-10H,3-6H2,1-2H3/t7-,8?,9?,10?/m0/s1. The van der Waals surface area contributed by atoms with Crippen LogP contribution in [0.3, 0.4) is 0 Å². The van der Waals surface area contributed by atoms with Crippen molar-refractivity contribution in [3.8, 4) is 0 Å². The summed E-state index contributed by atoms with van der Waals surface area (Å²) in [6.07, 6.45) is 4.77. The van der Waals surface area contributed by atoms with Crippen molar-refractivity contribution in [3.63, 3.8) is 0 Å². The molecule has 2 rings (SSSR count). The second-order valence-electron chi connectivity index (χ2n) is 4.43. The smallest absolute Gasteiger partial charge is 0.0609 e. The van der Waals surface area contributed by atoms with Gasteiger partial charge in [-0.05, 0) is 30.6 Å². The lowest BCUT2D eigenvalue weighted by Crippen LogP contribution is -2.27. The Labute approximate surface area is 69.1 Å². The number of rotatable bonds is 0. The van der Waals surface area contributed by atoms with Crippen molar-refractivity contribution in [3.05, 3.63) is 0 Å². The van der Waals surface area contributed by atoms with Gasteiger partial charge in [-0.2, -0.15) is 0 Å². The molecule has 0 aromatic carbocycles. The van der Waals surface area contributed by atoms with Gasteiger partial charge in [0.05, 0.1) is 6.10 Å². The summed E-state index contributed by atoms with van der Waals surface area (Å²) < 4.78 is 5.74. The normalized spacial score (nSPS) is 50.7. The van der Waals surface area contributed by atoms with E-state index in [-0.39, 0.29) is 0 Å². The fourth-order valence-corrected chi connectivity index (χ4v) is 2.59. The molecule has 0 amide bonds. The molecule has 11 heavy (non-hydrogen) atoms. The highest BCUT2D eigenvalue weighted by Crippen LogP contribution is 2.39. The maximum absolute atomic E-state index is 5.74. The monoisotopic (exact) mass is 154 g/mol. The number of hydrogen-bond acceptors (Lipinski definition) is 1. The van der Waals surface area contributed by atoms with E-state index in [0.29, 0.717) is 6.10 Å². The minimum Gasteiger partial charge on any atom is -0.378 e. The summed E-state index contributed by atoms with van der Waals surface area (Å²) in [6, 6.07) is 0. The van der Waals surface area contributed by atoms with Gasteiger partial charge in [-0.15, -0.1) is 0 Å². The first-order valence-corrected chi connectivity index (χ1v) is 4.89. The fourth-order valence-electron chi connectivity index (χ4n) is 2.59. The van der Waals surface area contributed by atoms with Crippen LogP contribution in [0.15, 0.2) is 0 Å². The van der Waals surface area contributed by atoms with Gasteiger partial charge in [0.25, 0.3) is 0 Å². The number of hydrogen-bond donors (Lipinski definition) is 0. The zero-order valence-electron chi connectivity index (χ0n) is 7.55. The van der Waals surface area contributed by atoms with Crippen molar-refractivity contribution in [2.75, 3.05) is 6.61 Å². The Morgan fingerprint density at radius 3 is 2.82 bits per heavy atom. The molecular formula is C10H18O. The van der Waals surface area contributed by atoms with Gasteiger partial charge in [0, 0.05) is 6.61 Å². The van der Waals surface area contributed by atoms with Crippen LogP contribution in [0, 0.1) is 17.8 Å². The maximum Gasteiger partial charge on any atom is 0.0609 e. The van der Waals surface area contributed by atoms with Crippen molar-refractivity contribution >= 4 is 0 Å². The molecule has 1 saturated heterocycles. The van der Waals surface area contributed by atoms with Crippen molar-refractivity contribution in [2.45, 2.75) is 39.2 Å². The lowest BCUT2D eigenvalue weighted by Gasteiger charge is -2.30. The first-order chi connectivity index (χ1) is 5.27. The van der Waals surface area contributed by atoms with Gasteiger partial charge in [0.15, 0.2) is 0 Å². The van der Waals surface area contributed by atoms with Crippen molar-refractivity contribution in [1.82, 2.24) is 0 Å². The van der Waals surface area contributed by atoms with Crippen molar-refractivity contribution in [2.24, 2.45) is 17.8 Å². The van der Waals surface area contributed by atoms with E-state index in [1.165, 1.54) is 19.3 Å². The van der Waals surface area contributed by atoms with E-state index < -0.39 is 0 Å². The molecule has 1 saturated carbocycles. The van der Waals surface area contributed by atoms with Crippen LogP contribution in [-0.2, 0) is 4.74 Å².